The number of aryl methyl sites for hydroxylation is 1. The summed E-state index contributed by atoms with van der Waals surface area (Å²) in [7, 11) is 1.85. The van der Waals surface area contributed by atoms with Crippen LogP contribution in [0, 0.1) is 12.4 Å². The van der Waals surface area contributed by atoms with E-state index < -0.39 is 23.4 Å². The van der Waals surface area contributed by atoms with Gasteiger partial charge in [0, 0.05) is 92.5 Å². The molecule has 3 fully saturated rings. The van der Waals surface area contributed by atoms with Crippen molar-refractivity contribution in [2.45, 2.75) is 37.4 Å². The lowest BCUT2D eigenvalue weighted by atomic mass is 9.95. The third-order valence-electron chi connectivity index (χ3n) is 9.38. The summed E-state index contributed by atoms with van der Waals surface area (Å²) in [4.78, 5) is 46.2. The van der Waals surface area contributed by atoms with Crippen LogP contribution in [0.15, 0.2) is 71.1 Å². The Kier molecular flexibility index (Phi) is 7.98. The first-order valence-electron chi connectivity index (χ1n) is 15.7. The molecular weight excluding hydrogens is 623 g/mol. The van der Waals surface area contributed by atoms with Gasteiger partial charge in [0.1, 0.15) is 11.9 Å². The maximum absolute atomic E-state index is 14.1. The van der Waals surface area contributed by atoms with Crippen LogP contribution in [-0.4, -0.2) is 82.6 Å². The smallest absolute Gasteiger partial charge is 0.338 e. The topological polar surface area (TPSA) is 99.7 Å². The molecule has 0 spiro atoms. The van der Waals surface area contributed by atoms with Crippen LogP contribution in [0.25, 0.3) is 4.85 Å². The van der Waals surface area contributed by atoms with Crippen LogP contribution in [-0.2, 0) is 22.1 Å². The zero-order valence-corrected chi connectivity index (χ0v) is 26.9. The van der Waals surface area contributed by atoms with Crippen molar-refractivity contribution in [1.82, 2.24) is 24.7 Å². The molecule has 11 nitrogen and oxygen atoms in total. The number of amidine groups is 1. The minimum Gasteiger partial charge on any atom is -0.463 e. The zero-order chi connectivity index (χ0) is 32.9. The summed E-state index contributed by atoms with van der Waals surface area (Å²) in [5.74, 6) is -0.0301. The van der Waals surface area contributed by atoms with E-state index in [2.05, 4.69) is 20.0 Å². The van der Waals surface area contributed by atoms with Crippen molar-refractivity contribution >= 4 is 35.1 Å². The molecule has 47 heavy (non-hydrogen) atoms. The number of nitrogens with one attached hydrogen (secondary N) is 1. The summed E-state index contributed by atoms with van der Waals surface area (Å²) in [6.45, 7) is 12.0. The van der Waals surface area contributed by atoms with Gasteiger partial charge in [0.25, 0.3) is 5.54 Å². The number of ether oxygens (including phenoxy) is 1. The molecule has 2 atom stereocenters. The second-order valence-electron chi connectivity index (χ2n) is 12.3. The van der Waals surface area contributed by atoms with Gasteiger partial charge < -0.3 is 24.4 Å². The van der Waals surface area contributed by atoms with E-state index in [0.29, 0.717) is 55.6 Å². The quantitative estimate of drug-likeness (QED) is 0.280. The summed E-state index contributed by atoms with van der Waals surface area (Å²) < 4.78 is 21.4. The Labute approximate surface area is 277 Å². The molecular formula is C34H34ClFN8O3. The second-order valence-corrected chi connectivity index (χ2v) is 12.7. The van der Waals surface area contributed by atoms with Gasteiger partial charge in [0.15, 0.2) is 11.7 Å². The van der Waals surface area contributed by atoms with Crippen molar-refractivity contribution < 1.29 is 18.7 Å². The summed E-state index contributed by atoms with van der Waals surface area (Å²) in [6, 6.07) is 10.9. The molecule has 1 aromatic heterocycles. The SMILES string of the molecule is [C-]#[N+]C1(c2ccc(N3C[C@@H]4CN(CC5=C(C(=O)OCC)C(c6ccc(F)cc6Cl)N=C(c6nccn6C)N5)CCN4C3=O)cc2)CC1. The second kappa shape index (κ2) is 12.1. The summed E-state index contributed by atoms with van der Waals surface area (Å²) >= 11 is 6.54. The van der Waals surface area contributed by atoms with Crippen molar-refractivity contribution in [3.63, 3.8) is 0 Å². The third kappa shape index (κ3) is 5.64. The van der Waals surface area contributed by atoms with E-state index in [1.54, 1.807) is 30.3 Å². The molecule has 4 aliphatic rings. The zero-order valence-electron chi connectivity index (χ0n) is 26.1. The molecule has 4 heterocycles. The number of halogens is 2. The standard InChI is InChI=1S/C34H34ClFN8O3/c1-4-47-32(45)28-27(39-30(31-38-13-14-41(31)3)40-29(28)25-10-7-22(36)17-26(25)35)20-42-15-16-43-24(18-42)19-44(33(43)46)23-8-5-21(6-9-23)34(37-2)11-12-34/h5-10,13-14,17,24,29H,4,11-12,15-16,18-20H2,1,3H3,(H,39,40)/t24-,29?/m0/s1. The average Bonchev–Trinajstić information content (AvgIpc) is 3.64. The highest BCUT2D eigenvalue weighted by Gasteiger charge is 2.52. The number of nitrogens with zero attached hydrogens (tertiary/aromatic N) is 7. The Hall–Kier alpha value is -4.73. The molecule has 7 rings (SSSR count). The maximum Gasteiger partial charge on any atom is 0.338 e. The number of benzene rings is 2. The molecule has 1 N–H and O–H groups in total. The molecule has 0 bridgehead atoms. The van der Waals surface area contributed by atoms with Crippen LogP contribution < -0.4 is 10.2 Å². The number of anilines is 1. The fraction of sp³-hybridized carbons (Fsp3) is 0.382. The van der Waals surface area contributed by atoms with Crippen LogP contribution in [0.1, 0.15) is 42.8 Å². The predicted molar refractivity (Wildman–Crippen MR) is 174 cm³/mol. The monoisotopic (exact) mass is 656 g/mol. The van der Waals surface area contributed by atoms with E-state index in [1.165, 1.54) is 12.1 Å². The molecule has 0 radical (unpaired) electrons. The number of aromatic nitrogens is 2. The summed E-state index contributed by atoms with van der Waals surface area (Å²) in [6.07, 6.45) is 5.21. The van der Waals surface area contributed by atoms with Gasteiger partial charge in [-0.3, -0.25) is 14.8 Å². The Morgan fingerprint density at radius 2 is 1.98 bits per heavy atom. The minimum atomic E-state index is -0.865. The molecule has 1 unspecified atom stereocenters. The number of carbonyl (C=O) groups excluding carboxylic acids is 2. The molecule has 13 heteroatoms. The molecule has 242 valence electrons. The van der Waals surface area contributed by atoms with Gasteiger partial charge in [0.2, 0.25) is 0 Å². The Balaban J connectivity index is 1.16. The number of hydrogen-bond acceptors (Lipinski definition) is 7. The van der Waals surface area contributed by atoms with Crippen LogP contribution in [0.4, 0.5) is 14.9 Å². The van der Waals surface area contributed by atoms with Gasteiger partial charge in [-0.25, -0.2) is 25.5 Å². The molecule has 3 aliphatic heterocycles. The van der Waals surface area contributed by atoms with Gasteiger partial charge in [-0.15, -0.1) is 0 Å². The lowest BCUT2D eigenvalue weighted by Crippen LogP contribution is -2.53. The first-order valence-corrected chi connectivity index (χ1v) is 16.1. The van der Waals surface area contributed by atoms with Crippen LogP contribution >= 0.6 is 11.6 Å². The van der Waals surface area contributed by atoms with Gasteiger partial charge in [0.05, 0.1) is 18.2 Å². The third-order valence-corrected chi connectivity index (χ3v) is 9.71. The highest BCUT2D eigenvalue weighted by atomic mass is 35.5. The van der Waals surface area contributed by atoms with Gasteiger partial charge in [-0.1, -0.05) is 17.7 Å². The molecule has 2 aromatic carbocycles. The van der Waals surface area contributed by atoms with Crippen molar-refractivity contribution in [2.75, 3.05) is 44.2 Å². The summed E-state index contributed by atoms with van der Waals surface area (Å²) in [5.41, 5.74) is 2.78. The average molecular weight is 657 g/mol. The van der Waals surface area contributed by atoms with Crippen LogP contribution in [0.3, 0.4) is 0 Å². The van der Waals surface area contributed by atoms with Crippen molar-refractivity contribution in [3.8, 4) is 0 Å². The lowest BCUT2D eigenvalue weighted by molar-refractivity contribution is -0.139. The number of urea groups is 1. The van der Waals surface area contributed by atoms with Crippen molar-refractivity contribution in [2.24, 2.45) is 12.0 Å². The molecule has 2 saturated heterocycles. The van der Waals surface area contributed by atoms with E-state index in [9.17, 15) is 14.0 Å². The number of amides is 2. The number of carbonyl (C=O) groups is 2. The first kappa shape index (κ1) is 30.9. The maximum atomic E-state index is 14.1. The highest BCUT2D eigenvalue weighted by molar-refractivity contribution is 6.31. The molecule has 1 aliphatic carbocycles. The predicted octanol–water partition coefficient (Wildman–Crippen LogP) is 4.66. The Morgan fingerprint density at radius 1 is 1.19 bits per heavy atom. The van der Waals surface area contributed by atoms with Crippen LogP contribution in [0.5, 0.6) is 0 Å². The fourth-order valence-electron chi connectivity index (χ4n) is 6.72. The first-order chi connectivity index (χ1) is 22.7. The van der Waals surface area contributed by atoms with Gasteiger partial charge in [-0.05, 0) is 43.3 Å². The van der Waals surface area contributed by atoms with E-state index in [1.807, 2.05) is 40.8 Å². The summed E-state index contributed by atoms with van der Waals surface area (Å²) in [5, 5.41) is 3.52. The van der Waals surface area contributed by atoms with E-state index in [0.717, 1.165) is 24.1 Å². The number of aliphatic imine (C=N–C) groups is 1. The Bertz CT molecular complexity index is 1840. The number of fused-ring (bicyclic) bond motifs is 1. The highest BCUT2D eigenvalue weighted by Crippen LogP contribution is 2.50. The van der Waals surface area contributed by atoms with Gasteiger partial charge >= 0.3 is 12.0 Å². The minimum absolute atomic E-state index is 0.0360. The van der Waals surface area contributed by atoms with E-state index in [4.69, 9.17) is 27.9 Å². The van der Waals surface area contributed by atoms with Crippen molar-refractivity contribution in [1.29, 1.82) is 0 Å². The molecule has 3 aromatic rings. The largest absolute Gasteiger partial charge is 0.463 e. The fourth-order valence-corrected chi connectivity index (χ4v) is 6.99. The number of hydrogen-bond donors (Lipinski definition) is 1. The molecule has 2 amide bonds. The Morgan fingerprint density at radius 3 is 2.64 bits per heavy atom. The number of rotatable bonds is 8. The van der Waals surface area contributed by atoms with E-state index >= 15 is 0 Å². The van der Waals surface area contributed by atoms with Crippen LogP contribution in [0.2, 0.25) is 5.02 Å². The lowest BCUT2D eigenvalue weighted by Gasteiger charge is -2.38. The molecule has 1 saturated carbocycles. The van der Waals surface area contributed by atoms with E-state index in [-0.39, 0.29) is 29.3 Å². The number of esters is 1. The van der Waals surface area contributed by atoms with Gasteiger partial charge in [-0.2, -0.15) is 0 Å². The van der Waals surface area contributed by atoms with Crippen molar-refractivity contribution in [3.05, 3.63) is 105 Å². The number of imidazole rings is 1. The number of piperazine rings is 1. The normalized spacial score (nSPS) is 22.0.